The van der Waals surface area contributed by atoms with E-state index in [-0.39, 0.29) is 28.5 Å². The second-order valence-electron chi connectivity index (χ2n) is 7.79. The van der Waals surface area contributed by atoms with Gasteiger partial charge in [-0.3, -0.25) is 4.79 Å². The third-order valence-corrected chi connectivity index (χ3v) is 5.68. The maximum absolute atomic E-state index is 12.4. The number of hydrogen-bond donors (Lipinski definition) is 4. The molecule has 1 fully saturated rings. The number of aromatic nitrogens is 4. The molecule has 162 valence electrons. The van der Waals surface area contributed by atoms with Gasteiger partial charge in [0.05, 0.1) is 18.0 Å². The topological polar surface area (TPSA) is 141 Å². The summed E-state index contributed by atoms with van der Waals surface area (Å²) < 4.78 is 6.30. The van der Waals surface area contributed by atoms with Crippen LogP contribution in [0.15, 0.2) is 47.5 Å². The van der Waals surface area contributed by atoms with Crippen molar-refractivity contribution >= 4 is 17.1 Å². The van der Waals surface area contributed by atoms with E-state index >= 15 is 0 Å². The summed E-state index contributed by atoms with van der Waals surface area (Å²) in [5.74, 6) is -0.597. The molecule has 4 aromatic rings. The van der Waals surface area contributed by atoms with Gasteiger partial charge in [-0.25, -0.2) is 14.8 Å². The Bertz CT molecular complexity index is 1380. The van der Waals surface area contributed by atoms with Crippen LogP contribution in [0.4, 0.5) is 0 Å². The van der Waals surface area contributed by atoms with Crippen molar-refractivity contribution in [3.8, 4) is 34.0 Å². The van der Waals surface area contributed by atoms with Crippen LogP contribution < -0.4 is 10.3 Å². The Labute approximate surface area is 181 Å². The molecule has 9 heteroatoms. The van der Waals surface area contributed by atoms with Gasteiger partial charge in [0.15, 0.2) is 11.2 Å². The normalized spacial score (nSPS) is 14.1. The number of carboxylic acid groups (broad SMARTS) is 1. The van der Waals surface area contributed by atoms with Gasteiger partial charge in [0.1, 0.15) is 22.9 Å². The number of rotatable bonds is 5. The summed E-state index contributed by atoms with van der Waals surface area (Å²) in [7, 11) is 0. The first-order valence-electron chi connectivity index (χ1n) is 10.3. The van der Waals surface area contributed by atoms with Crippen molar-refractivity contribution in [3.63, 3.8) is 0 Å². The van der Waals surface area contributed by atoms with Gasteiger partial charge < -0.3 is 24.9 Å². The van der Waals surface area contributed by atoms with E-state index in [9.17, 15) is 14.7 Å². The molecule has 0 bridgehead atoms. The van der Waals surface area contributed by atoms with Gasteiger partial charge in [-0.1, -0.05) is 12.1 Å². The number of nitrogens with one attached hydrogen (secondary N) is 2. The first-order valence-corrected chi connectivity index (χ1v) is 10.3. The number of aromatic carboxylic acids is 1. The smallest absolute Gasteiger partial charge is 0.339 e. The number of carbonyl (C=O) groups is 1. The number of hydrogen-bond acceptors (Lipinski definition) is 6. The van der Waals surface area contributed by atoms with Gasteiger partial charge in [0.2, 0.25) is 0 Å². The lowest BCUT2D eigenvalue weighted by Crippen LogP contribution is -2.13. The SMILES string of the molecule is O=C(O)c1ccc(-c2ccc(-c3nc4[nH]cnc4c(=O)[nH]3)c(OC3CCCC3)c2)cc1O. The van der Waals surface area contributed by atoms with Crippen LogP contribution in [0.25, 0.3) is 33.7 Å². The highest BCUT2D eigenvalue weighted by atomic mass is 16.5. The number of ether oxygens (including phenoxy) is 1. The summed E-state index contributed by atoms with van der Waals surface area (Å²) in [5, 5.41) is 19.2. The molecule has 2 aromatic carbocycles. The van der Waals surface area contributed by atoms with E-state index in [0.717, 1.165) is 31.2 Å². The van der Waals surface area contributed by atoms with Crippen molar-refractivity contribution < 1.29 is 19.7 Å². The first kappa shape index (κ1) is 19.8. The molecule has 0 aliphatic heterocycles. The van der Waals surface area contributed by atoms with Crippen LogP contribution >= 0.6 is 0 Å². The highest BCUT2D eigenvalue weighted by Gasteiger charge is 2.21. The molecule has 5 rings (SSSR count). The van der Waals surface area contributed by atoms with E-state index in [1.165, 1.54) is 18.5 Å². The second-order valence-corrected chi connectivity index (χ2v) is 7.79. The summed E-state index contributed by atoms with van der Waals surface area (Å²) in [6.45, 7) is 0. The number of phenols is 1. The quantitative estimate of drug-likeness (QED) is 0.377. The predicted molar refractivity (Wildman–Crippen MR) is 117 cm³/mol. The zero-order chi connectivity index (χ0) is 22.2. The molecule has 0 spiro atoms. The van der Waals surface area contributed by atoms with Gasteiger partial charge in [-0.15, -0.1) is 0 Å². The van der Waals surface area contributed by atoms with Crippen molar-refractivity contribution in [2.24, 2.45) is 0 Å². The Morgan fingerprint density at radius 3 is 2.59 bits per heavy atom. The zero-order valence-electron chi connectivity index (χ0n) is 17.0. The molecule has 1 aliphatic rings. The predicted octanol–water partition coefficient (Wildman–Crippen LogP) is 3.71. The number of aromatic hydroxyl groups is 1. The van der Waals surface area contributed by atoms with Crippen LogP contribution in [-0.2, 0) is 0 Å². The first-order chi connectivity index (χ1) is 15.5. The molecule has 1 saturated carbocycles. The largest absolute Gasteiger partial charge is 0.507 e. The molecule has 2 aromatic heterocycles. The van der Waals surface area contributed by atoms with Crippen molar-refractivity contribution in [2.45, 2.75) is 31.8 Å². The zero-order valence-corrected chi connectivity index (χ0v) is 17.0. The molecule has 32 heavy (non-hydrogen) atoms. The second kappa shape index (κ2) is 7.84. The molecule has 1 aliphatic carbocycles. The van der Waals surface area contributed by atoms with E-state index in [4.69, 9.17) is 9.84 Å². The molecule has 9 nitrogen and oxygen atoms in total. The summed E-state index contributed by atoms with van der Waals surface area (Å²) in [4.78, 5) is 37.7. The van der Waals surface area contributed by atoms with Crippen molar-refractivity contribution in [1.29, 1.82) is 0 Å². The molecule has 0 radical (unpaired) electrons. The molecule has 0 unspecified atom stereocenters. The van der Waals surface area contributed by atoms with Gasteiger partial charge in [0.25, 0.3) is 5.56 Å². The molecule has 4 N–H and O–H groups in total. The van der Waals surface area contributed by atoms with E-state index in [1.54, 1.807) is 12.1 Å². The fraction of sp³-hybridized carbons (Fsp3) is 0.217. The average Bonchev–Trinajstić information content (AvgIpc) is 3.45. The lowest BCUT2D eigenvalue weighted by Gasteiger charge is -2.17. The third kappa shape index (κ3) is 3.58. The van der Waals surface area contributed by atoms with E-state index in [0.29, 0.717) is 28.3 Å². The standard InChI is InChI=1S/C23H20N4O5/c28-17-9-12(5-7-15(17)23(30)31)13-6-8-16(18(10-13)32-14-3-1-2-4-14)20-26-21-19(22(29)27-20)24-11-25-21/h5-11,14,28H,1-4H2,(H,30,31)(H2,24,25,26,27,29). The molecule has 0 amide bonds. The number of imidazole rings is 1. The van der Waals surface area contributed by atoms with Gasteiger partial charge in [-0.05, 0) is 61.1 Å². The minimum atomic E-state index is -1.20. The third-order valence-electron chi connectivity index (χ3n) is 5.68. The lowest BCUT2D eigenvalue weighted by molar-refractivity contribution is 0.0693. The van der Waals surface area contributed by atoms with Crippen molar-refractivity contribution in [2.75, 3.05) is 0 Å². The van der Waals surface area contributed by atoms with Crippen molar-refractivity contribution in [3.05, 3.63) is 58.6 Å². The maximum atomic E-state index is 12.4. The highest BCUT2D eigenvalue weighted by molar-refractivity contribution is 5.92. The Kier molecular flexibility index (Phi) is 4.85. The minimum Gasteiger partial charge on any atom is -0.507 e. The van der Waals surface area contributed by atoms with Crippen LogP contribution in [0.5, 0.6) is 11.5 Å². The fourth-order valence-electron chi connectivity index (χ4n) is 4.05. The van der Waals surface area contributed by atoms with E-state index in [2.05, 4.69) is 19.9 Å². The fourth-order valence-corrected chi connectivity index (χ4v) is 4.05. The highest BCUT2D eigenvalue weighted by Crippen LogP contribution is 2.36. The number of nitrogens with zero attached hydrogens (tertiary/aromatic N) is 2. The summed E-state index contributed by atoms with van der Waals surface area (Å²) in [5.41, 5.74) is 2.10. The Morgan fingerprint density at radius 2 is 1.84 bits per heavy atom. The molecular formula is C23H20N4O5. The summed E-state index contributed by atoms with van der Waals surface area (Å²) in [6.07, 6.45) is 5.57. The summed E-state index contributed by atoms with van der Waals surface area (Å²) in [6, 6.07) is 9.83. The van der Waals surface area contributed by atoms with Crippen LogP contribution in [0.3, 0.4) is 0 Å². The lowest BCUT2D eigenvalue weighted by atomic mass is 10.0. The van der Waals surface area contributed by atoms with Crippen LogP contribution in [0.2, 0.25) is 0 Å². The van der Waals surface area contributed by atoms with Crippen LogP contribution in [-0.4, -0.2) is 42.2 Å². The Hall–Kier alpha value is -4.14. The molecular weight excluding hydrogens is 412 g/mol. The Morgan fingerprint density at radius 1 is 1.09 bits per heavy atom. The molecule has 2 heterocycles. The number of H-pyrrole nitrogens is 2. The van der Waals surface area contributed by atoms with Gasteiger partial charge in [-0.2, -0.15) is 0 Å². The number of carboxylic acids is 1. The number of fused-ring (bicyclic) bond motifs is 1. The minimum absolute atomic E-state index is 0.0643. The summed E-state index contributed by atoms with van der Waals surface area (Å²) >= 11 is 0. The van der Waals surface area contributed by atoms with Gasteiger partial charge >= 0.3 is 5.97 Å². The maximum Gasteiger partial charge on any atom is 0.339 e. The van der Waals surface area contributed by atoms with E-state index in [1.807, 2.05) is 12.1 Å². The Balaban J connectivity index is 1.61. The number of benzene rings is 2. The number of aromatic amines is 2. The monoisotopic (exact) mass is 432 g/mol. The average molecular weight is 432 g/mol. The van der Waals surface area contributed by atoms with Crippen molar-refractivity contribution in [1.82, 2.24) is 19.9 Å². The van der Waals surface area contributed by atoms with Crippen LogP contribution in [0, 0.1) is 0 Å². The van der Waals surface area contributed by atoms with Crippen LogP contribution in [0.1, 0.15) is 36.0 Å². The molecule has 0 saturated heterocycles. The molecule has 0 atom stereocenters. The van der Waals surface area contributed by atoms with E-state index < -0.39 is 5.97 Å². The van der Waals surface area contributed by atoms with Gasteiger partial charge in [0, 0.05) is 0 Å².